The number of aliphatic hydroxyl groups is 1. The van der Waals surface area contributed by atoms with Crippen LogP contribution in [0.5, 0.6) is 5.75 Å². The molecule has 0 radical (unpaired) electrons. The molecule has 132 valence electrons. The van der Waals surface area contributed by atoms with E-state index in [0.717, 1.165) is 5.56 Å². The minimum absolute atomic E-state index is 0.0192. The van der Waals surface area contributed by atoms with Gasteiger partial charge in [0.2, 0.25) is 5.91 Å². The normalized spacial score (nSPS) is 19.9. The highest BCUT2D eigenvalue weighted by Crippen LogP contribution is 2.33. The molecule has 1 aliphatic heterocycles. The largest absolute Gasteiger partial charge is 0.494 e. The van der Waals surface area contributed by atoms with Crippen LogP contribution in [0.25, 0.3) is 0 Å². The molecule has 0 aliphatic carbocycles. The predicted molar refractivity (Wildman–Crippen MR) is 88.1 cm³/mol. The van der Waals surface area contributed by atoms with Crippen LogP contribution in [0.2, 0.25) is 0 Å². The van der Waals surface area contributed by atoms with E-state index in [1.54, 1.807) is 23.1 Å². The number of rotatable bonds is 4. The van der Waals surface area contributed by atoms with Gasteiger partial charge in [-0.1, -0.05) is 18.2 Å². The Bertz CT molecular complexity index is 764. The highest BCUT2D eigenvalue weighted by atomic mass is 19.1. The summed E-state index contributed by atoms with van der Waals surface area (Å²) in [6.45, 7) is 0.208. The SMILES string of the molecule is COc1ccc(CC(=O)N2CC(O)CC2c2ccc(F)cc2)cc1F. The van der Waals surface area contributed by atoms with E-state index in [1.165, 1.54) is 31.4 Å². The van der Waals surface area contributed by atoms with E-state index in [-0.39, 0.29) is 36.5 Å². The van der Waals surface area contributed by atoms with Crippen LogP contribution >= 0.6 is 0 Å². The van der Waals surface area contributed by atoms with Gasteiger partial charge in [-0.25, -0.2) is 8.78 Å². The summed E-state index contributed by atoms with van der Waals surface area (Å²) >= 11 is 0. The minimum atomic E-state index is -0.633. The van der Waals surface area contributed by atoms with E-state index >= 15 is 0 Å². The smallest absolute Gasteiger partial charge is 0.227 e. The van der Waals surface area contributed by atoms with E-state index in [1.807, 2.05) is 0 Å². The van der Waals surface area contributed by atoms with Gasteiger partial charge in [-0.3, -0.25) is 4.79 Å². The van der Waals surface area contributed by atoms with Crippen molar-refractivity contribution in [3.05, 3.63) is 65.2 Å². The van der Waals surface area contributed by atoms with E-state index in [4.69, 9.17) is 4.74 Å². The number of benzene rings is 2. The number of carbonyl (C=O) groups is 1. The predicted octanol–water partition coefficient (Wildman–Crippen LogP) is 2.85. The zero-order chi connectivity index (χ0) is 18.0. The molecule has 1 fully saturated rings. The Morgan fingerprint density at radius 1 is 1.24 bits per heavy atom. The maximum Gasteiger partial charge on any atom is 0.227 e. The van der Waals surface area contributed by atoms with Crippen molar-refractivity contribution in [1.29, 1.82) is 0 Å². The van der Waals surface area contributed by atoms with Crippen molar-refractivity contribution in [2.75, 3.05) is 13.7 Å². The molecular formula is C19H19F2NO3. The summed E-state index contributed by atoms with van der Waals surface area (Å²) in [5.41, 5.74) is 1.30. The molecular weight excluding hydrogens is 328 g/mol. The molecule has 0 aromatic heterocycles. The first-order chi connectivity index (χ1) is 12.0. The lowest BCUT2D eigenvalue weighted by Crippen LogP contribution is -2.33. The Labute approximate surface area is 144 Å². The average Bonchev–Trinajstić information content (AvgIpc) is 2.98. The molecule has 4 nitrogen and oxygen atoms in total. The van der Waals surface area contributed by atoms with Gasteiger partial charge in [-0.2, -0.15) is 0 Å². The molecule has 1 N–H and O–H groups in total. The zero-order valence-corrected chi connectivity index (χ0v) is 13.8. The Morgan fingerprint density at radius 2 is 1.96 bits per heavy atom. The van der Waals surface area contributed by atoms with Gasteiger partial charge in [0.15, 0.2) is 11.6 Å². The van der Waals surface area contributed by atoms with Crippen molar-refractivity contribution >= 4 is 5.91 Å². The molecule has 1 amide bonds. The van der Waals surface area contributed by atoms with Gasteiger partial charge in [-0.15, -0.1) is 0 Å². The molecule has 2 unspecified atom stereocenters. The fourth-order valence-electron chi connectivity index (χ4n) is 3.19. The minimum Gasteiger partial charge on any atom is -0.494 e. The summed E-state index contributed by atoms with van der Waals surface area (Å²) < 4.78 is 31.8. The Kier molecular flexibility index (Phi) is 4.99. The molecule has 3 rings (SSSR count). The number of amides is 1. The summed E-state index contributed by atoms with van der Waals surface area (Å²) in [5, 5.41) is 9.97. The number of likely N-dealkylation sites (tertiary alicyclic amines) is 1. The average molecular weight is 347 g/mol. The van der Waals surface area contributed by atoms with E-state index in [9.17, 15) is 18.7 Å². The van der Waals surface area contributed by atoms with E-state index in [2.05, 4.69) is 0 Å². The van der Waals surface area contributed by atoms with Crippen LogP contribution in [0.1, 0.15) is 23.6 Å². The van der Waals surface area contributed by atoms with Gasteiger partial charge in [0.1, 0.15) is 5.82 Å². The maximum atomic E-state index is 13.8. The molecule has 2 atom stereocenters. The van der Waals surface area contributed by atoms with E-state index in [0.29, 0.717) is 12.0 Å². The first kappa shape index (κ1) is 17.4. The van der Waals surface area contributed by atoms with Crippen molar-refractivity contribution in [3.63, 3.8) is 0 Å². The lowest BCUT2D eigenvalue weighted by Gasteiger charge is -2.25. The van der Waals surface area contributed by atoms with Crippen LogP contribution in [0, 0.1) is 11.6 Å². The van der Waals surface area contributed by atoms with Crippen molar-refractivity contribution in [2.45, 2.75) is 25.0 Å². The second-order valence-electron chi connectivity index (χ2n) is 6.15. The Hall–Kier alpha value is -2.47. The van der Waals surface area contributed by atoms with Crippen molar-refractivity contribution in [3.8, 4) is 5.75 Å². The Balaban J connectivity index is 1.77. The number of β-amino-alcohol motifs (C(OH)–C–C–N with tert-alkyl or cyclic N) is 1. The van der Waals surface area contributed by atoms with Crippen molar-refractivity contribution in [1.82, 2.24) is 4.90 Å². The van der Waals surface area contributed by atoms with Gasteiger partial charge >= 0.3 is 0 Å². The van der Waals surface area contributed by atoms with Crippen LogP contribution in [-0.2, 0) is 11.2 Å². The molecule has 1 heterocycles. The second-order valence-corrected chi connectivity index (χ2v) is 6.15. The second kappa shape index (κ2) is 7.19. The molecule has 0 bridgehead atoms. The summed E-state index contributed by atoms with van der Waals surface area (Å²) in [6.07, 6.45) is -0.216. The molecule has 1 saturated heterocycles. The van der Waals surface area contributed by atoms with Crippen LogP contribution in [0.4, 0.5) is 8.78 Å². The number of aliphatic hydroxyl groups excluding tert-OH is 1. The van der Waals surface area contributed by atoms with Crippen molar-refractivity contribution < 1.29 is 23.4 Å². The maximum absolute atomic E-state index is 13.8. The molecule has 6 heteroatoms. The molecule has 0 saturated carbocycles. The quantitative estimate of drug-likeness (QED) is 0.925. The summed E-state index contributed by atoms with van der Waals surface area (Å²) in [7, 11) is 1.38. The number of carbonyl (C=O) groups excluding carboxylic acids is 1. The zero-order valence-electron chi connectivity index (χ0n) is 13.8. The number of ether oxygens (including phenoxy) is 1. The molecule has 1 aliphatic rings. The lowest BCUT2D eigenvalue weighted by atomic mass is 10.0. The topological polar surface area (TPSA) is 49.8 Å². The van der Waals surface area contributed by atoms with Gasteiger partial charge in [0.25, 0.3) is 0 Å². The van der Waals surface area contributed by atoms with Crippen LogP contribution in [-0.4, -0.2) is 35.7 Å². The van der Waals surface area contributed by atoms with Crippen molar-refractivity contribution in [2.24, 2.45) is 0 Å². The first-order valence-electron chi connectivity index (χ1n) is 8.03. The monoisotopic (exact) mass is 347 g/mol. The third-order valence-corrected chi connectivity index (χ3v) is 4.43. The number of hydrogen-bond acceptors (Lipinski definition) is 3. The van der Waals surface area contributed by atoms with Crippen LogP contribution < -0.4 is 4.74 Å². The third kappa shape index (κ3) is 3.79. The number of hydrogen-bond donors (Lipinski definition) is 1. The fraction of sp³-hybridized carbons (Fsp3) is 0.316. The lowest BCUT2D eigenvalue weighted by molar-refractivity contribution is -0.131. The first-order valence-corrected chi connectivity index (χ1v) is 8.03. The van der Waals surface area contributed by atoms with Gasteiger partial charge in [-0.05, 0) is 41.8 Å². The molecule has 25 heavy (non-hydrogen) atoms. The highest BCUT2D eigenvalue weighted by Gasteiger charge is 2.35. The summed E-state index contributed by atoms with van der Waals surface area (Å²) in [4.78, 5) is 14.2. The third-order valence-electron chi connectivity index (χ3n) is 4.43. The van der Waals surface area contributed by atoms with Crippen LogP contribution in [0.15, 0.2) is 42.5 Å². The summed E-state index contributed by atoms with van der Waals surface area (Å²) in [5.74, 6) is -0.967. The molecule has 2 aromatic carbocycles. The van der Waals surface area contributed by atoms with Gasteiger partial charge in [0, 0.05) is 6.54 Å². The standard InChI is InChI=1S/C19H19F2NO3/c1-25-18-7-2-12(8-16(18)21)9-19(24)22-11-15(23)10-17(22)13-3-5-14(20)6-4-13/h2-8,15,17,23H,9-11H2,1H3. The molecule has 2 aromatic rings. The summed E-state index contributed by atoms with van der Waals surface area (Å²) in [6, 6.07) is 9.98. The Morgan fingerprint density at radius 3 is 2.60 bits per heavy atom. The van der Waals surface area contributed by atoms with Gasteiger partial charge in [0.05, 0.1) is 25.7 Å². The fourth-order valence-corrected chi connectivity index (χ4v) is 3.19. The van der Waals surface area contributed by atoms with E-state index < -0.39 is 11.9 Å². The number of halogens is 2. The molecule has 0 spiro atoms. The number of methoxy groups -OCH3 is 1. The van der Waals surface area contributed by atoms with Crippen LogP contribution in [0.3, 0.4) is 0 Å². The van der Waals surface area contributed by atoms with Gasteiger partial charge < -0.3 is 14.7 Å². The highest BCUT2D eigenvalue weighted by molar-refractivity contribution is 5.79. The number of nitrogens with zero attached hydrogens (tertiary/aromatic N) is 1.